The first-order chi connectivity index (χ1) is 10.5. The van der Waals surface area contributed by atoms with E-state index in [1.54, 1.807) is 0 Å². The van der Waals surface area contributed by atoms with E-state index in [9.17, 15) is 31.2 Å². The molecule has 2 aromatic carbocycles. The van der Waals surface area contributed by atoms with Crippen LogP contribution in [0.15, 0.2) is 39.0 Å². The van der Waals surface area contributed by atoms with E-state index in [0.29, 0.717) is 12.0 Å². The first kappa shape index (κ1) is 29.9. The summed E-state index contributed by atoms with van der Waals surface area (Å²) in [6, 6.07) is 4.25. The Labute approximate surface area is 220 Å². The normalized spacial score (nSPS) is 11.2. The van der Waals surface area contributed by atoms with E-state index in [-0.39, 0.29) is 110 Å². The summed E-state index contributed by atoms with van der Waals surface area (Å²) < 4.78 is 71.8. The summed E-state index contributed by atoms with van der Waals surface area (Å²) in [7, 11) is -9.70. The minimum Gasteiger partial charge on any atom is -0.744 e. The molecular formula is C11H7Na3O9S3. The molecule has 2 rings (SSSR count). The van der Waals surface area contributed by atoms with Crippen LogP contribution in [-0.2, 0) is 29.6 Å². The molecule has 0 bridgehead atoms. The third-order valence-electron chi connectivity index (χ3n) is 2.88. The molecular weight excluding hydrogens is 441 g/mol. The maximum absolute atomic E-state index is 11.4. The minimum atomic E-state index is -4.91. The Kier molecular flexibility index (Phi) is 13.6. The Hall–Kier alpha value is 1.75. The predicted octanol–water partition coefficient (Wildman–Crippen LogP) is -8.80. The first-order valence-electron chi connectivity index (χ1n) is 5.67. The van der Waals surface area contributed by atoms with Crippen LogP contribution in [0.5, 0.6) is 0 Å². The van der Waals surface area contributed by atoms with Gasteiger partial charge >= 0.3 is 88.7 Å². The molecule has 0 aliphatic heterocycles. The van der Waals surface area contributed by atoms with Gasteiger partial charge in [0.25, 0.3) is 0 Å². The van der Waals surface area contributed by atoms with Gasteiger partial charge in [-0.1, -0.05) is 0 Å². The van der Waals surface area contributed by atoms with Gasteiger partial charge in [-0.2, -0.15) is 4.33 Å². The van der Waals surface area contributed by atoms with Gasteiger partial charge in [-0.25, -0.2) is 16.8 Å². The molecule has 2 aromatic rings. The summed E-state index contributed by atoms with van der Waals surface area (Å²) in [6.45, 7) is 1.29. The van der Waals surface area contributed by atoms with Gasteiger partial charge in [-0.3, -0.25) is 5.04 Å². The fourth-order valence-corrected chi connectivity index (χ4v) is 3.98. The molecule has 0 spiro atoms. The van der Waals surface area contributed by atoms with Gasteiger partial charge in [0.1, 0.15) is 20.2 Å². The molecule has 0 amide bonds. The summed E-state index contributed by atoms with van der Waals surface area (Å²) in [5.41, 5.74) is -0.00283. The predicted molar refractivity (Wildman–Crippen MR) is 72.6 cm³/mol. The third-order valence-corrected chi connectivity index (χ3v) is 5.29. The Morgan fingerprint density at radius 3 is 1.88 bits per heavy atom. The molecule has 0 fully saturated rings. The summed E-state index contributed by atoms with van der Waals surface area (Å²) >= 11 is 0.317. The van der Waals surface area contributed by atoms with Crippen molar-refractivity contribution in [2.45, 2.75) is 21.6 Å². The van der Waals surface area contributed by atoms with Gasteiger partial charge in [0.15, 0.2) is 0 Å². The van der Waals surface area contributed by atoms with Crippen molar-refractivity contribution in [1.82, 2.24) is 0 Å². The van der Waals surface area contributed by atoms with Crippen molar-refractivity contribution in [3.8, 4) is 0 Å². The topological polar surface area (TPSA) is 156 Å². The molecule has 0 saturated heterocycles. The van der Waals surface area contributed by atoms with Crippen LogP contribution < -0.4 is 93.9 Å². The van der Waals surface area contributed by atoms with Crippen molar-refractivity contribution >= 4 is 43.1 Å². The van der Waals surface area contributed by atoms with Crippen molar-refractivity contribution in [3.05, 3.63) is 29.8 Å². The van der Waals surface area contributed by atoms with E-state index < -0.39 is 30.0 Å². The molecule has 0 aliphatic rings. The van der Waals surface area contributed by atoms with E-state index in [1.807, 2.05) is 0 Å². The van der Waals surface area contributed by atoms with Crippen LogP contribution in [0, 0.1) is 6.92 Å². The van der Waals surface area contributed by atoms with E-state index in [1.165, 1.54) is 13.0 Å². The Bertz CT molecular complexity index is 977. The van der Waals surface area contributed by atoms with E-state index in [4.69, 9.17) is 0 Å². The number of fused-ring (bicyclic) bond motifs is 1. The van der Waals surface area contributed by atoms with Gasteiger partial charge < -0.3 is 14.4 Å². The summed E-state index contributed by atoms with van der Waals surface area (Å²) in [5, 5.41) is 12.9. The van der Waals surface area contributed by atoms with Crippen molar-refractivity contribution in [2.24, 2.45) is 0 Å². The van der Waals surface area contributed by atoms with Crippen LogP contribution in [0.3, 0.4) is 0 Å². The Balaban J connectivity index is 0. The molecule has 26 heavy (non-hydrogen) atoms. The summed E-state index contributed by atoms with van der Waals surface area (Å²) in [5.74, 6) is 0. The summed E-state index contributed by atoms with van der Waals surface area (Å²) in [4.78, 5) is -1.21. The molecule has 0 heterocycles. The van der Waals surface area contributed by atoms with E-state index >= 15 is 0 Å². The van der Waals surface area contributed by atoms with Crippen LogP contribution in [0.2, 0.25) is 0 Å². The third kappa shape index (κ3) is 7.54. The quantitative estimate of drug-likeness (QED) is 0.141. The fourth-order valence-electron chi connectivity index (χ4n) is 2.02. The number of hydrogen-bond donors (Lipinski definition) is 0. The molecule has 0 aliphatic carbocycles. The van der Waals surface area contributed by atoms with Crippen molar-refractivity contribution in [2.75, 3.05) is 0 Å². The Morgan fingerprint density at radius 1 is 0.885 bits per heavy atom. The van der Waals surface area contributed by atoms with Crippen LogP contribution in [-0.4, -0.2) is 25.9 Å². The average molecular weight is 448 g/mol. The first-order valence-corrected chi connectivity index (χ1v) is 9.23. The zero-order valence-electron chi connectivity index (χ0n) is 14.2. The van der Waals surface area contributed by atoms with Gasteiger partial charge in [0.2, 0.25) is 0 Å². The number of aryl methyl sites for hydroxylation is 1. The molecule has 0 saturated carbocycles. The zero-order chi connectivity index (χ0) is 17.4. The van der Waals surface area contributed by atoms with Crippen molar-refractivity contribution in [1.29, 1.82) is 0 Å². The molecule has 15 heteroatoms. The Morgan fingerprint density at radius 2 is 1.42 bits per heavy atom. The number of benzene rings is 2. The molecule has 9 nitrogen and oxygen atoms in total. The fraction of sp³-hybridized carbons (Fsp3) is 0.0909. The second kappa shape index (κ2) is 11.8. The van der Waals surface area contributed by atoms with Crippen molar-refractivity contribution in [3.63, 3.8) is 0 Å². The smallest absolute Gasteiger partial charge is 0.744 e. The molecule has 126 valence electrons. The number of rotatable bonds is 5. The zero-order valence-corrected chi connectivity index (χ0v) is 22.7. The standard InChI is InChI=1S/C11H10O9S3.3Na/c1-6-2-9-7(4-10(6)22(13,14)15)3-8(21-20-19-12)5-11(9)23(16,17)18;;;/h2-5,12H,1H3,(H,13,14,15)(H,16,17,18);;;/q;3*+1/p-3. The van der Waals surface area contributed by atoms with E-state index in [0.717, 1.165) is 18.2 Å². The largest absolute Gasteiger partial charge is 1.00 e. The van der Waals surface area contributed by atoms with Crippen LogP contribution in [0.1, 0.15) is 5.56 Å². The SMILES string of the molecule is Cc1cc2c(S(=O)(=O)[O-])cc(SOO[O-])cc2cc1S(=O)(=O)[O-].[Na+].[Na+].[Na+]. The maximum atomic E-state index is 11.4. The average Bonchev–Trinajstić information content (AvgIpc) is 2.41. The second-order valence-corrected chi connectivity index (χ2v) is 7.86. The van der Waals surface area contributed by atoms with Gasteiger partial charge in [0, 0.05) is 4.90 Å². The van der Waals surface area contributed by atoms with Gasteiger partial charge in [-0.15, -0.1) is 0 Å². The van der Waals surface area contributed by atoms with Crippen LogP contribution in [0.4, 0.5) is 0 Å². The van der Waals surface area contributed by atoms with E-state index in [2.05, 4.69) is 9.37 Å². The van der Waals surface area contributed by atoms with Crippen LogP contribution in [0.25, 0.3) is 10.8 Å². The monoisotopic (exact) mass is 448 g/mol. The van der Waals surface area contributed by atoms with Gasteiger partial charge in [0.05, 0.1) is 21.8 Å². The maximum Gasteiger partial charge on any atom is 1.00 e. The molecule has 0 atom stereocenters. The molecule has 0 aromatic heterocycles. The molecule has 0 N–H and O–H groups in total. The summed E-state index contributed by atoms with van der Waals surface area (Å²) in [6.07, 6.45) is 0. The van der Waals surface area contributed by atoms with Gasteiger partial charge in [-0.05, 0) is 47.5 Å². The number of hydrogen-bond acceptors (Lipinski definition) is 10. The molecule has 0 unspecified atom stereocenters. The molecule has 0 radical (unpaired) electrons. The second-order valence-electron chi connectivity index (χ2n) is 4.39. The van der Waals surface area contributed by atoms with Crippen LogP contribution >= 0.6 is 12.0 Å². The minimum absolute atomic E-state index is 0. The van der Waals surface area contributed by atoms with Crippen molar-refractivity contribution < 1.29 is 129 Å².